The quantitative estimate of drug-likeness (QED) is 0.752. The summed E-state index contributed by atoms with van der Waals surface area (Å²) in [5.74, 6) is 1.65. The Balaban J connectivity index is 1.98. The average molecular weight is 312 g/mol. The number of hydrogen-bond acceptors (Lipinski definition) is 6. The first-order valence-electron chi connectivity index (χ1n) is 7.03. The Morgan fingerprint density at radius 3 is 2.78 bits per heavy atom. The number of pyridine rings is 1. The molecule has 3 N–H and O–H groups in total. The van der Waals surface area contributed by atoms with Gasteiger partial charge in [0.05, 0.1) is 17.6 Å². The van der Waals surface area contributed by atoms with Crippen molar-refractivity contribution in [3.63, 3.8) is 0 Å². The minimum absolute atomic E-state index is 0.188. The molecule has 0 aliphatic carbocycles. The lowest BCUT2D eigenvalue weighted by atomic mass is 10.0. The number of benzene rings is 1. The Morgan fingerprint density at radius 1 is 1.26 bits per heavy atom. The largest absolute Gasteiger partial charge is 0.454 e. The van der Waals surface area contributed by atoms with Crippen LogP contribution in [0.3, 0.4) is 0 Å². The molecule has 1 amide bonds. The summed E-state index contributed by atoms with van der Waals surface area (Å²) in [7, 11) is 1.73. The zero-order valence-electron chi connectivity index (χ0n) is 12.8. The third-order valence-corrected chi connectivity index (χ3v) is 3.38. The van der Waals surface area contributed by atoms with Crippen molar-refractivity contribution >= 4 is 23.1 Å². The second-order valence-corrected chi connectivity index (χ2v) is 4.99. The van der Waals surface area contributed by atoms with E-state index >= 15 is 0 Å². The maximum absolute atomic E-state index is 11.2. The van der Waals surface area contributed by atoms with Crippen LogP contribution in [-0.4, -0.2) is 30.4 Å². The van der Waals surface area contributed by atoms with Gasteiger partial charge in [-0.25, -0.2) is 4.98 Å². The molecule has 1 aromatic heterocycles. The van der Waals surface area contributed by atoms with Crippen molar-refractivity contribution in [1.82, 2.24) is 4.98 Å². The Bertz CT molecular complexity index is 789. The van der Waals surface area contributed by atoms with Crippen molar-refractivity contribution < 1.29 is 14.3 Å². The molecule has 2 heterocycles. The Labute approximate surface area is 133 Å². The fourth-order valence-electron chi connectivity index (χ4n) is 2.33. The van der Waals surface area contributed by atoms with Gasteiger partial charge in [-0.15, -0.1) is 0 Å². The number of ether oxygens (including phenoxy) is 2. The van der Waals surface area contributed by atoms with E-state index in [1.54, 1.807) is 37.5 Å². The number of carbonyl (C=O) groups is 1. The molecule has 0 spiro atoms. The van der Waals surface area contributed by atoms with Crippen molar-refractivity contribution in [1.29, 1.82) is 5.41 Å². The molecule has 118 valence electrons. The average Bonchev–Trinajstić information content (AvgIpc) is 3.01. The van der Waals surface area contributed by atoms with Crippen LogP contribution < -0.4 is 20.1 Å². The zero-order valence-corrected chi connectivity index (χ0v) is 12.8. The summed E-state index contributed by atoms with van der Waals surface area (Å²) in [4.78, 5) is 15.5. The van der Waals surface area contributed by atoms with Gasteiger partial charge >= 0.3 is 0 Å². The minimum Gasteiger partial charge on any atom is -0.454 e. The van der Waals surface area contributed by atoms with Crippen LogP contribution >= 0.6 is 0 Å². The molecule has 1 aliphatic rings. The molecular formula is C16H16N4O3. The molecule has 0 unspecified atom stereocenters. The van der Waals surface area contributed by atoms with Crippen LogP contribution in [0.2, 0.25) is 0 Å². The van der Waals surface area contributed by atoms with Crippen LogP contribution in [0.25, 0.3) is 0 Å². The molecule has 0 saturated heterocycles. The molecular weight excluding hydrogens is 296 g/mol. The van der Waals surface area contributed by atoms with Gasteiger partial charge in [-0.3, -0.25) is 10.2 Å². The summed E-state index contributed by atoms with van der Waals surface area (Å²) in [6, 6.07) is 7.04. The van der Waals surface area contributed by atoms with E-state index in [4.69, 9.17) is 14.9 Å². The van der Waals surface area contributed by atoms with Gasteiger partial charge in [0.15, 0.2) is 11.5 Å². The second kappa shape index (κ2) is 5.96. The summed E-state index contributed by atoms with van der Waals surface area (Å²) in [6.07, 6.45) is 1.55. The third kappa shape index (κ3) is 2.94. The number of nitrogens with one attached hydrogen (secondary N) is 3. The minimum atomic E-state index is -0.190. The number of aromatic nitrogens is 1. The molecule has 7 heteroatoms. The first kappa shape index (κ1) is 14.8. The maximum Gasteiger partial charge on any atom is 0.231 e. The Morgan fingerprint density at radius 2 is 2.04 bits per heavy atom. The normalized spacial score (nSPS) is 11.9. The van der Waals surface area contributed by atoms with Gasteiger partial charge in [0.2, 0.25) is 12.7 Å². The summed E-state index contributed by atoms with van der Waals surface area (Å²) < 4.78 is 10.6. The predicted octanol–water partition coefficient (Wildman–Crippen LogP) is 2.23. The van der Waals surface area contributed by atoms with Gasteiger partial charge in [0.25, 0.3) is 0 Å². The van der Waals surface area contributed by atoms with Gasteiger partial charge in [0.1, 0.15) is 5.82 Å². The van der Waals surface area contributed by atoms with Gasteiger partial charge in [-0.2, -0.15) is 0 Å². The summed E-state index contributed by atoms with van der Waals surface area (Å²) >= 11 is 0. The van der Waals surface area contributed by atoms with E-state index in [0.29, 0.717) is 34.1 Å². The molecule has 7 nitrogen and oxygen atoms in total. The van der Waals surface area contributed by atoms with E-state index < -0.39 is 0 Å². The number of fused-ring (bicyclic) bond motifs is 1. The second-order valence-electron chi connectivity index (χ2n) is 4.99. The molecule has 0 atom stereocenters. The molecule has 1 aromatic carbocycles. The highest BCUT2D eigenvalue weighted by molar-refractivity contribution is 6.14. The number of amides is 1. The first-order chi connectivity index (χ1) is 11.1. The Kier molecular flexibility index (Phi) is 3.84. The first-order valence-corrected chi connectivity index (χ1v) is 7.03. The van der Waals surface area contributed by atoms with Gasteiger partial charge in [0, 0.05) is 25.1 Å². The standard InChI is InChI=1S/C16H16N4O3/c1-9(21)20-11-6-12(16(18-2)19-7-11)15(17)10-3-4-13-14(5-10)23-8-22-13/h3-7,17H,8H2,1-2H3,(H,18,19)(H,20,21). The summed E-state index contributed by atoms with van der Waals surface area (Å²) in [5.41, 5.74) is 2.06. The third-order valence-electron chi connectivity index (χ3n) is 3.38. The van der Waals surface area contributed by atoms with Crippen molar-refractivity contribution in [3.05, 3.63) is 41.6 Å². The molecule has 0 fully saturated rings. The van der Waals surface area contributed by atoms with Crippen molar-refractivity contribution in [2.45, 2.75) is 6.92 Å². The molecule has 0 saturated carbocycles. The highest BCUT2D eigenvalue weighted by atomic mass is 16.7. The van der Waals surface area contributed by atoms with Crippen LogP contribution in [-0.2, 0) is 4.79 Å². The topological polar surface area (TPSA) is 96.3 Å². The smallest absolute Gasteiger partial charge is 0.231 e. The number of nitrogens with zero attached hydrogens (tertiary/aromatic N) is 1. The summed E-state index contributed by atoms with van der Waals surface area (Å²) in [5, 5.41) is 14.1. The maximum atomic E-state index is 11.2. The van der Waals surface area contributed by atoms with E-state index in [1.165, 1.54) is 6.92 Å². The lowest BCUT2D eigenvalue weighted by molar-refractivity contribution is -0.114. The lowest BCUT2D eigenvalue weighted by Crippen LogP contribution is -2.11. The predicted molar refractivity (Wildman–Crippen MR) is 86.6 cm³/mol. The monoisotopic (exact) mass is 312 g/mol. The fourth-order valence-corrected chi connectivity index (χ4v) is 2.33. The number of anilines is 2. The van der Waals surface area contributed by atoms with E-state index in [2.05, 4.69) is 15.6 Å². The molecule has 0 radical (unpaired) electrons. The van der Waals surface area contributed by atoms with Crippen LogP contribution in [0.5, 0.6) is 11.5 Å². The molecule has 23 heavy (non-hydrogen) atoms. The van der Waals surface area contributed by atoms with Crippen LogP contribution in [0.1, 0.15) is 18.1 Å². The number of hydrogen-bond donors (Lipinski definition) is 3. The molecule has 3 rings (SSSR count). The van der Waals surface area contributed by atoms with E-state index in [0.717, 1.165) is 0 Å². The van der Waals surface area contributed by atoms with E-state index in [1.807, 2.05) is 0 Å². The summed E-state index contributed by atoms with van der Waals surface area (Å²) in [6.45, 7) is 1.61. The Hall–Kier alpha value is -3.09. The van der Waals surface area contributed by atoms with Crippen molar-refractivity contribution in [3.8, 4) is 11.5 Å². The van der Waals surface area contributed by atoms with Crippen molar-refractivity contribution in [2.75, 3.05) is 24.5 Å². The van der Waals surface area contributed by atoms with E-state index in [9.17, 15) is 4.79 Å². The van der Waals surface area contributed by atoms with Gasteiger partial charge in [-0.1, -0.05) is 0 Å². The van der Waals surface area contributed by atoms with Crippen LogP contribution in [0.4, 0.5) is 11.5 Å². The van der Waals surface area contributed by atoms with Crippen LogP contribution in [0, 0.1) is 5.41 Å². The zero-order chi connectivity index (χ0) is 16.4. The van der Waals surface area contributed by atoms with Crippen molar-refractivity contribution in [2.24, 2.45) is 0 Å². The highest BCUT2D eigenvalue weighted by Gasteiger charge is 2.17. The fraction of sp³-hybridized carbons (Fsp3) is 0.188. The highest BCUT2D eigenvalue weighted by Crippen LogP contribution is 2.33. The van der Waals surface area contributed by atoms with Gasteiger partial charge < -0.3 is 20.1 Å². The number of rotatable bonds is 4. The molecule has 2 aromatic rings. The molecule has 0 bridgehead atoms. The SMILES string of the molecule is CNc1ncc(NC(C)=O)cc1C(=N)c1ccc2c(c1)OCO2. The van der Waals surface area contributed by atoms with Crippen LogP contribution in [0.15, 0.2) is 30.5 Å². The van der Waals surface area contributed by atoms with Gasteiger partial charge in [-0.05, 0) is 24.3 Å². The molecule has 1 aliphatic heterocycles. The number of carbonyl (C=O) groups excluding carboxylic acids is 1. The lowest BCUT2D eigenvalue weighted by Gasteiger charge is -2.12. The van der Waals surface area contributed by atoms with E-state index in [-0.39, 0.29) is 18.4 Å².